The minimum atomic E-state index is 0.440. The van der Waals surface area contributed by atoms with Crippen molar-refractivity contribution in [2.24, 2.45) is 0 Å². The Labute approximate surface area is 130 Å². The van der Waals surface area contributed by atoms with Gasteiger partial charge in [-0.25, -0.2) is 0 Å². The van der Waals surface area contributed by atoms with Crippen LogP contribution in [-0.2, 0) is 4.74 Å². The summed E-state index contributed by atoms with van der Waals surface area (Å²) in [6.45, 7) is 11.6. The molecule has 2 heterocycles. The van der Waals surface area contributed by atoms with Crippen molar-refractivity contribution >= 4 is 0 Å². The third kappa shape index (κ3) is 6.61. The van der Waals surface area contributed by atoms with E-state index < -0.39 is 0 Å². The van der Waals surface area contributed by atoms with Crippen molar-refractivity contribution < 1.29 is 4.74 Å². The van der Waals surface area contributed by atoms with Gasteiger partial charge in [0.2, 0.25) is 0 Å². The molecule has 2 rings (SSSR count). The van der Waals surface area contributed by atoms with Crippen LogP contribution in [0.5, 0.6) is 0 Å². The highest BCUT2D eigenvalue weighted by Crippen LogP contribution is 2.08. The van der Waals surface area contributed by atoms with E-state index in [0.717, 1.165) is 32.7 Å². The van der Waals surface area contributed by atoms with Crippen LogP contribution in [0.2, 0.25) is 0 Å². The lowest BCUT2D eigenvalue weighted by Crippen LogP contribution is -2.55. The highest BCUT2D eigenvalue weighted by Gasteiger charge is 2.23. The molecule has 4 unspecified atom stereocenters. The van der Waals surface area contributed by atoms with Gasteiger partial charge >= 0.3 is 0 Å². The highest BCUT2D eigenvalue weighted by molar-refractivity contribution is 4.84. The second-order valence-electron chi connectivity index (χ2n) is 7.00. The number of morpholine rings is 1. The molecule has 2 fully saturated rings. The molecule has 0 bridgehead atoms. The van der Waals surface area contributed by atoms with Gasteiger partial charge in [0, 0.05) is 43.3 Å². The Morgan fingerprint density at radius 3 is 2.52 bits per heavy atom. The maximum absolute atomic E-state index is 5.76. The Morgan fingerprint density at radius 2 is 1.81 bits per heavy atom. The molecule has 0 aromatic rings. The Bertz CT molecular complexity index is 281. The summed E-state index contributed by atoms with van der Waals surface area (Å²) < 4.78 is 5.76. The molecule has 0 aliphatic carbocycles. The van der Waals surface area contributed by atoms with Crippen molar-refractivity contribution in [3.8, 4) is 0 Å². The zero-order chi connectivity index (χ0) is 15.1. The quantitative estimate of drug-likeness (QED) is 0.525. The van der Waals surface area contributed by atoms with Crippen molar-refractivity contribution in [3.05, 3.63) is 0 Å². The van der Waals surface area contributed by atoms with E-state index in [1.165, 1.54) is 19.4 Å². The minimum Gasteiger partial charge on any atom is -0.378 e. The van der Waals surface area contributed by atoms with E-state index in [1.807, 2.05) is 0 Å². The van der Waals surface area contributed by atoms with E-state index in [-0.39, 0.29) is 0 Å². The molecule has 0 saturated carbocycles. The smallest absolute Gasteiger partial charge is 0.0632 e. The fourth-order valence-electron chi connectivity index (χ4n) is 3.20. The van der Waals surface area contributed by atoms with Crippen molar-refractivity contribution in [1.29, 1.82) is 0 Å². The number of rotatable bonds is 8. The molecule has 0 radical (unpaired) electrons. The van der Waals surface area contributed by atoms with E-state index in [4.69, 9.17) is 4.74 Å². The lowest BCUT2D eigenvalue weighted by atomic mass is 10.1. The van der Waals surface area contributed by atoms with Gasteiger partial charge in [0.1, 0.15) is 0 Å². The molecule has 2 saturated heterocycles. The van der Waals surface area contributed by atoms with Crippen LogP contribution in [0.15, 0.2) is 0 Å². The van der Waals surface area contributed by atoms with E-state index in [0.29, 0.717) is 30.2 Å². The highest BCUT2D eigenvalue weighted by atomic mass is 16.5. The van der Waals surface area contributed by atoms with Crippen LogP contribution >= 0.6 is 0 Å². The summed E-state index contributed by atoms with van der Waals surface area (Å²) in [5, 5.41) is 14.4. The molecule has 2 aliphatic heterocycles. The monoisotopic (exact) mass is 298 g/mol. The van der Waals surface area contributed by atoms with Crippen molar-refractivity contribution in [2.75, 3.05) is 32.8 Å². The predicted octanol–water partition coefficient (Wildman–Crippen LogP) is 0.462. The summed E-state index contributed by atoms with van der Waals surface area (Å²) in [6.07, 6.45) is 3.77. The molecule has 124 valence electrons. The van der Waals surface area contributed by atoms with Crippen molar-refractivity contribution in [1.82, 2.24) is 21.3 Å². The van der Waals surface area contributed by atoms with Crippen LogP contribution in [0.4, 0.5) is 0 Å². The van der Waals surface area contributed by atoms with Gasteiger partial charge in [0.25, 0.3) is 0 Å². The van der Waals surface area contributed by atoms with Crippen LogP contribution in [-0.4, -0.2) is 63.1 Å². The number of hydrogen-bond acceptors (Lipinski definition) is 5. The normalized spacial score (nSPS) is 31.7. The molecule has 0 amide bonds. The van der Waals surface area contributed by atoms with Crippen LogP contribution < -0.4 is 21.3 Å². The van der Waals surface area contributed by atoms with Gasteiger partial charge in [0.05, 0.1) is 13.2 Å². The molecule has 0 spiro atoms. The maximum Gasteiger partial charge on any atom is 0.0632 e. The topological polar surface area (TPSA) is 57.4 Å². The zero-order valence-corrected chi connectivity index (χ0v) is 14.0. The first-order valence-corrected chi connectivity index (χ1v) is 8.67. The Hall–Kier alpha value is -0.200. The average Bonchev–Trinajstić information content (AvgIpc) is 2.97. The van der Waals surface area contributed by atoms with Gasteiger partial charge in [0.15, 0.2) is 0 Å². The lowest BCUT2D eigenvalue weighted by molar-refractivity contribution is 0.0400. The SMILES string of the molecule is CC(C)NCC1COCC(CC(C)NCC2CCCN2)N1. The predicted molar refractivity (Wildman–Crippen MR) is 87.8 cm³/mol. The average molecular weight is 298 g/mol. The molecular formula is C16H34N4O. The van der Waals surface area contributed by atoms with Gasteiger partial charge in [-0.2, -0.15) is 0 Å². The third-order valence-electron chi connectivity index (χ3n) is 4.40. The molecule has 0 aromatic carbocycles. The molecule has 5 nitrogen and oxygen atoms in total. The van der Waals surface area contributed by atoms with Gasteiger partial charge in [-0.1, -0.05) is 13.8 Å². The number of nitrogens with one attached hydrogen (secondary N) is 4. The Morgan fingerprint density at radius 1 is 1.05 bits per heavy atom. The second kappa shape index (κ2) is 9.06. The van der Waals surface area contributed by atoms with E-state index in [2.05, 4.69) is 42.0 Å². The van der Waals surface area contributed by atoms with Gasteiger partial charge < -0.3 is 26.0 Å². The van der Waals surface area contributed by atoms with Gasteiger partial charge in [-0.15, -0.1) is 0 Å². The number of hydrogen-bond donors (Lipinski definition) is 4. The molecule has 4 N–H and O–H groups in total. The Balaban J connectivity index is 1.61. The van der Waals surface area contributed by atoms with Crippen molar-refractivity contribution in [2.45, 2.75) is 70.2 Å². The maximum atomic E-state index is 5.76. The number of ether oxygens (including phenoxy) is 1. The molecule has 0 aromatic heterocycles. The van der Waals surface area contributed by atoms with Gasteiger partial charge in [-0.05, 0) is 32.7 Å². The summed E-state index contributed by atoms with van der Waals surface area (Å²) in [5.41, 5.74) is 0. The van der Waals surface area contributed by atoms with Crippen LogP contribution in [0.3, 0.4) is 0 Å². The summed E-state index contributed by atoms with van der Waals surface area (Å²) in [5.74, 6) is 0. The fraction of sp³-hybridized carbons (Fsp3) is 1.00. The molecule has 4 atom stereocenters. The standard InChI is InChI=1S/C16H34N4O/c1-12(2)18-9-16-11-21-10-15(20-16)7-13(3)19-8-14-5-4-6-17-14/h12-20H,4-11H2,1-3H3. The van der Waals surface area contributed by atoms with Crippen LogP contribution in [0.1, 0.15) is 40.0 Å². The third-order valence-corrected chi connectivity index (χ3v) is 4.40. The first-order valence-electron chi connectivity index (χ1n) is 8.67. The minimum absolute atomic E-state index is 0.440. The first kappa shape index (κ1) is 17.2. The van der Waals surface area contributed by atoms with Crippen LogP contribution in [0.25, 0.3) is 0 Å². The summed E-state index contributed by atoms with van der Waals surface area (Å²) >= 11 is 0. The zero-order valence-electron chi connectivity index (χ0n) is 14.0. The summed E-state index contributed by atoms with van der Waals surface area (Å²) in [6, 6.07) is 2.65. The van der Waals surface area contributed by atoms with Crippen LogP contribution in [0, 0.1) is 0 Å². The van der Waals surface area contributed by atoms with E-state index >= 15 is 0 Å². The van der Waals surface area contributed by atoms with E-state index in [1.54, 1.807) is 0 Å². The molecule has 21 heavy (non-hydrogen) atoms. The Kier molecular flexibility index (Phi) is 7.40. The summed E-state index contributed by atoms with van der Waals surface area (Å²) in [4.78, 5) is 0. The molecule has 5 heteroatoms. The molecule has 2 aliphatic rings. The second-order valence-corrected chi connectivity index (χ2v) is 7.00. The van der Waals surface area contributed by atoms with Crippen molar-refractivity contribution in [3.63, 3.8) is 0 Å². The fourth-order valence-corrected chi connectivity index (χ4v) is 3.20. The summed E-state index contributed by atoms with van der Waals surface area (Å²) in [7, 11) is 0. The lowest BCUT2D eigenvalue weighted by Gasteiger charge is -2.33. The first-order chi connectivity index (χ1) is 10.1. The largest absolute Gasteiger partial charge is 0.378 e. The van der Waals surface area contributed by atoms with E-state index in [9.17, 15) is 0 Å². The van der Waals surface area contributed by atoms with Gasteiger partial charge in [-0.3, -0.25) is 0 Å². The molecular weight excluding hydrogens is 264 g/mol.